The van der Waals surface area contributed by atoms with Crippen LogP contribution < -0.4 is 10.2 Å². The lowest BCUT2D eigenvalue weighted by molar-refractivity contribution is 0.740. The lowest BCUT2D eigenvalue weighted by Crippen LogP contribution is -2.21. The largest absolute Gasteiger partial charge is 0.358 e. The number of nitrogens with zero attached hydrogens (tertiary/aromatic N) is 3. The van der Waals surface area contributed by atoms with Crippen LogP contribution in [0.15, 0.2) is 24.4 Å². The number of nitrogens with one attached hydrogen (secondary N) is 1. The van der Waals surface area contributed by atoms with E-state index in [1.807, 2.05) is 19.2 Å². The summed E-state index contributed by atoms with van der Waals surface area (Å²) >= 11 is 0. The minimum absolute atomic E-state index is 0.830. The molecule has 18 heavy (non-hydrogen) atoms. The molecule has 0 radical (unpaired) electrons. The van der Waals surface area contributed by atoms with Crippen molar-refractivity contribution in [2.24, 2.45) is 0 Å². The molecule has 4 heteroatoms. The van der Waals surface area contributed by atoms with Crippen LogP contribution >= 0.6 is 0 Å². The number of unbranched alkanes of at least 4 members (excludes halogenated alkanes) is 1. The molecule has 0 amide bonds. The average molecular weight is 246 g/mol. The van der Waals surface area contributed by atoms with Crippen molar-refractivity contribution in [3.8, 4) is 0 Å². The van der Waals surface area contributed by atoms with E-state index in [0.717, 1.165) is 24.6 Å². The summed E-state index contributed by atoms with van der Waals surface area (Å²) in [7, 11) is 4.09. The SMILES string of the molecule is CCCCN(C)c1nc2ccccn2c1CNC. The number of hydrogen-bond donors (Lipinski definition) is 1. The second-order valence-electron chi connectivity index (χ2n) is 4.62. The molecule has 0 unspecified atom stereocenters. The van der Waals surface area contributed by atoms with Crippen LogP contribution in [0.4, 0.5) is 5.82 Å². The first-order chi connectivity index (χ1) is 8.77. The first-order valence-electron chi connectivity index (χ1n) is 6.59. The molecule has 0 saturated heterocycles. The third kappa shape index (κ3) is 2.48. The van der Waals surface area contributed by atoms with Crippen LogP contribution in [-0.4, -0.2) is 30.0 Å². The van der Waals surface area contributed by atoms with Gasteiger partial charge in [-0.25, -0.2) is 4.98 Å². The van der Waals surface area contributed by atoms with Crippen molar-refractivity contribution < 1.29 is 0 Å². The number of hydrogen-bond acceptors (Lipinski definition) is 3. The van der Waals surface area contributed by atoms with Crippen LogP contribution in [0.25, 0.3) is 5.65 Å². The summed E-state index contributed by atoms with van der Waals surface area (Å²) in [6.07, 6.45) is 4.48. The van der Waals surface area contributed by atoms with Gasteiger partial charge in [0.1, 0.15) is 5.65 Å². The molecule has 0 aliphatic heterocycles. The quantitative estimate of drug-likeness (QED) is 0.849. The van der Waals surface area contributed by atoms with Crippen LogP contribution in [0.3, 0.4) is 0 Å². The fourth-order valence-corrected chi connectivity index (χ4v) is 2.17. The maximum Gasteiger partial charge on any atom is 0.152 e. The lowest BCUT2D eigenvalue weighted by Gasteiger charge is -2.17. The Morgan fingerprint density at radius 1 is 1.39 bits per heavy atom. The Balaban J connectivity index is 2.38. The van der Waals surface area contributed by atoms with E-state index < -0.39 is 0 Å². The summed E-state index contributed by atoms with van der Waals surface area (Å²) in [5, 5.41) is 3.23. The third-order valence-electron chi connectivity index (χ3n) is 3.16. The Morgan fingerprint density at radius 3 is 2.94 bits per heavy atom. The van der Waals surface area contributed by atoms with Gasteiger partial charge in [-0.15, -0.1) is 0 Å². The van der Waals surface area contributed by atoms with Crippen LogP contribution in [0.5, 0.6) is 0 Å². The number of pyridine rings is 1. The molecule has 4 nitrogen and oxygen atoms in total. The zero-order valence-corrected chi connectivity index (χ0v) is 11.5. The van der Waals surface area contributed by atoms with Gasteiger partial charge in [0.2, 0.25) is 0 Å². The smallest absolute Gasteiger partial charge is 0.152 e. The normalized spacial score (nSPS) is 11.1. The van der Waals surface area contributed by atoms with Gasteiger partial charge in [0.05, 0.1) is 5.69 Å². The summed E-state index contributed by atoms with van der Waals surface area (Å²) < 4.78 is 2.16. The van der Waals surface area contributed by atoms with E-state index in [9.17, 15) is 0 Å². The van der Waals surface area contributed by atoms with Gasteiger partial charge in [0.25, 0.3) is 0 Å². The molecule has 1 N–H and O–H groups in total. The summed E-state index contributed by atoms with van der Waals surface area (Å²) in [6.45, 7) is 4.10. The highest BCUT2D eigenvalue weighted by molar-refractivity contribution is 5.55. The predicted molar refractivity (Wildman–Crippen MR) is 76.1 cm³/mol. The number of imidazole rings is 1. The number of anilines is 1. The standard InChI is InChI=1S/C14H22N4/c1-4-5-9-17(3)14-12(11-15-2)18-10-7-6-8-13(18)16-14/h6-8,10,15H,4-5,9,11H2,1-3H3. The van der Waals surface area contributed by atoms with E-state index >= 15 is 0 Å². The van der Waals surface area contributed by atoms with Gasteiger partial charge in [-0.05, 0) is 25.6 Å². The first-order valence-corrected chi connectivity index (χ1v) is 6.59. The van der Waals surface area contributed by atoms with E-state index in [2.05, 4.69) is 40.9 Å². The Morgan fingerprint density at radius 2 is 2.22 bits per heavy atom. The van der Waals surface area contributed by atoms with Gasteiger partial charge in [-0.2, -0.15) is 0 Å². The second kappa shape index (κ2) is 5.87. The van der Waals surface area contributed by atoms with Crippen LogP contribution in [-0.2, 0) is 6.54 Å². The van der Waals surface area contributed by atoms with E-state index in [-0.39, 0.29) is 0 Å². The number of fused-ring (bicyclic) bond motifs is 1. The molecule has 0 aromatic carbocycles. The number of aromatic nitrogens is 2. The second-order valence-corrected chi connectivity index (χ2v) is 4.62. The van der Waals surface area contributed by atoms with Gasteiger partial charge < -0.3 is 14.6 Å². The van der Waals surface area contributed by atoms with Crippen molar-refractivity contribution in [1.29, 1.82) is 0 Å². The molecule has 0 spiro atoms. The van der Waals surface area contributed by atoms with Crippen molar-refractivity contribution >= 4 is 11.5 Å². The molecular weight excluding hydrogens is 224 g/mol. The van der Waals surface area contributed by atoms with Crippen molar-refractivity contribution in [3.05, 3.63) is 30.1 Å². The van der Waals surface area contributed by atoms with Crippen LogP contribution in [0, 0.1) is 0 Å². The summed E-state index contributed by atoms with van der Waals surface area (Å²) in [4.78, 5) is 6.99. The summed E-state index contributed by atoms with van der Waals surface area (Å²) in [5.41, 5.74) is 2.24. The van der Waals surface area contributed by atoms with Crippen LogP contribution in [0.1, 0.15) is 25.5 Å². The Kier molecular flexibility index (Phi) is 4.20. The molecule has 0 fully saturated rings. The van der Waals surface area contributed by atoms with Crippen molar-refractivity contribution in [2.45, 2.75) is 26.3 Å². The highest BCUT2D eigenvalue weighted by atomic mass is 15.2. The van der Waals surface area contributed by atoms with Crippen molar-refractivity contribution in [3.63, 3.8) is 0 Å². The van der Waals surface area contributed by atoms with E-state index in [1.54, 1.807) is 0 Å². The molecule has 0 atom stereocenters. The monoisotopic (exact) mass is 246 g/mol. The molecule has 98 valence electrons. The van der Waals surface area contributed by atoms with Gasteiger partial charge in [0.15, 0.2) is 5.82 Å². The number of rotatable bonds is 6. The predicted octanol–water partition coefficient (Wildman–Crippen LogP) is 2.29. The minimum atomic E-state index is 0.830. The maximum absolute atomic E-state index is 4.73. The molecule has 0 bridgehead atoms. The Labute approximate surface area is 109 Å². The molecule has 0 saturated carbocycles. The molecule has 2 aromatic rings. The van der Waals surface area contributed by atoms with Gasteiger partial charge in [-0.1, -0.05) is 19.4 Å². The summed E-state index contributed by atoms with van der Waals surface area (Å²) in [5.74, 6) is 1.09. The van der Waals surface area contributed by atoms with Gasteiger partial charge in [-0.3, -0.25) is 0 Å². The lowest BCUT2D eigenvalue weighted by atomic mass is 10.3. The Bertz CT molecular complexity index is 503. The molecule has 2 aromatic heterocycles. The molecule has 2 heterocycles. The molecule has 0 aliphatic carbocycles. The Hall–Kier alpha value is -1.55. The maximum atomic E-state index is 4.73. The minimum Gasteiger partial charge on any atom is -0.358 e. The third-order valence-corrected chi connectivity index (χ3v) is 3.16. The fraction of sp³-hybridized carbons (Fsp3) is 0.500. The molecule has 2 rings (SSSR count). The van der Waals surface area contributed by atoms with Gasteiger partial charge >= 0.3 is 0 Å². The summed E-state index contributed by atoms with van der Waals surface area (Å²) in [6, 6.07) is 6.13. The zero-order chi connectivity index (χ0) is 13.0. The topological polar surface area (TPSA) is 32.6 Å². The van der Waals surface area contributed by atoms with Crippen LogP contribution in [0.2, 0.25) is 0 Å². The highest BCUT2D eigenvalue weighted by Crippen LogP contribution is 2.21. The fourth-order valence-electron chi connectivity index (χ4n) is 2.17. The van der Waals surface area contributed by atoms with E-state index in [0.29, 0.717) is 0 Å². The van der Waals surface area contributed by atoms with E-state index in [4.69, 9.17) is 4.98 Å². The highest BCUT2D eigenvalue weighted by Gasteiger charge is 2.14. The zero-order valence-electron chi connectivity index (χ0n) is 11.5. The van der Waals surface area contributed by atoms with Crippen molar-refractivity contribution in [2.75, 3.05) is 25.5 Å². The average Bonchev–Trinajstić information content (AvgIpc) is 2.76. The van der Waals surface area contributed by atoms with Gasteiger partial charge in [0, 0.05) is 26.3 Å². The molecule has 0 aliphatic rings. The first kappa shape index (κ1) is 12.9. The van der Waals surface area contributed by atoms with Crippen molar-refractivity contribution in [1.82, 2.24) is 14.7 Å². The molecular formula is C14H22N4. The van der Waals surface area contributed by atoms with E-state index in [1.165, 1.54) is 18.5 Å².